The summed E-state index contributed by atoms with van der Waals surface area (Å²) in [5, 5.41) is 2.76. The van der Waals surface area contributed by atoms with Gasteiger partial charge in [-0.1, -0.05) is 43.0 Å². The number of hydrogen-bond acceptors (Lipinski definition) is 7. The number of nitrogens with zero attached hydrogens (tertiary/aromatic N) is 1. The predicted molar refractivity (Wildman–Crippen MR) is 153 cm³/mol. The summed E-state index contributed by atoms with van der Waals surface area (Å²) >= 11 is 0. The molecule has 1 N–H and O–H groups in total. The molecule has 0 heterocycles. The van der Waals surface area contributed by atoms with Crippen molar-refractivity contribution in [2.45, 2.75) is 65.1 Å². The van der Waals surface area contributed by atoms with Crippen LogP contribution in [0.15, 0.2) is 61.2 Å². The number of amides is 2. The minimum Gasteiger partial charge on any atom is -0.497 e. The molecule has 2 amide bonds. The summed E-state index contributed by atoms with van der Waals surface area (Å²) < 4.78 is 22.6. The molecular weight excluding hydrogens is 512 g/mol. The highest BCUT2D eigenvalue weighted by molar-refractivity contribution is 5.82. The maximum Gasteiger partial charge on any atom is 0.411 e. The Morgan fingerprint density at radius 1 is 1.10 bits per heavy atom. The summed E-state index contributed by atoms with van der Waals surface area (Å²) in [4.78, 5) is 40.1. The second kappa shape index (κ2) is 16.2. The molecule has 0 aliphatic heterocycles. The first kappa shape index (κ1) is 32.2. The number of nitrogens with one attached hydrogen (secondary N) is 1. The predicted octanol–water partition coefficient (Wildman–Crippen LogP) is 5.07. The number of carbonyl (C=O) groups is 3. The number of ether oxygens (including phenoxy) is 4. The Balaban J connectivity index is 2.42. The molecule has 2 aromatic carbocycles. The van der Waals surface area contributed by atoms with Crippen LogP contribution < -0.4 is 14.8 Å². The Hall–Kier alpha value is -4.01. The fourth-order valence-corrected chi connectivity index (χ4v) is 3.85. The lowest BCUT2D eigenvalue weighted by Crippen LogP contribution is -2.48. The van der Waals surface area contributed by atoms with Gasteiger partial charge in [-0.25, -0.2) is 9.59 Å². The lowest BCUT2D eigenvalue weighted by molar-refractivity contribution is -0.161. The fourth-order valence-electron chi connectivity index (χ4n) is 3.85. The molecule has 0 fully saturated rings. The van der Waals surface area contributed by atoms with Gasteiger partial charge in [0, 0.05) is 31.0 Å². The van der Waals surface area contributed by atoms with E-state index >= 15 is 0 Å². The summed E-state index contributed by atoms with van der Waals surface area (Å²) in [7, 11) is 1.55. The van der Waals surface area contributed by atoms with E-state index in [2.05, 4.69) is 11.9 Å². The number of esters is 1. The van der Waals surface area contributed by atoms with Gasteiger partial charge in [-0.05, 0) is 51.8 Å². The zero-order chi connectivity index (χ0) is 29.5. The van der Waals surface area contributed by atoms with Gasteiger partial charge in [0.2, 0.25) is 5.91 Å². The maximum absolute atomic E-state index is 13.5. The van der Waals surface area contributed by atoms with E-state index in [0.717, 1.165) is 5.56 Å². The first-order valence-electron chi connectivity index (χ1n) is 13.5. The van der Waals surface area contributed by atoms with Gasteiger partial charge in [-0.2, -0.15) is 0 Å². The Kier molecular flexibility index (Phi) is 13.0. The third-order valence-corrected chi connectivity index (χ3v) is 5.68. The second-order valence-electron chi connectivity index (χ2n) is 10.1. The molecule has 0 saturated carbocycles. The van der Waals surface area contributed by atoms with Crippen molar-refractivity contribution in [3.8, 4) is 11.5 Å². The third-order valence-electron chi connectivity index (χ3n) is 5.68. The van der Waals surface area contributed by atoms with Crippen molar-refractivity contribution in [3.05, 3.63) is 72.3 Å². The second-order valence-corrected chi connectivity index (χ2v) is 10.1. The minimum absolute atomic E-state index is 0.00235. The molecule has 218 valence electrons. The molecule has 0 bridgehead atoms. The van der Waals surface area contributed by atoms with Crippen LogP contribution in [-0.4, -0.2) is 61.4 Å². The molecule has 1 unspecified atom stereocenters. The van der Waals surface area contributed by atoms with E-state index in [-0.39, 0.29) is 32.1 Å². The van der Waals surface area contributed by atoms with E-state index in [1.165, 1.54) is 11.0 Å². The van der Waals surface area contributed by atoms with Gasteiger partial charge in [0.15, 0.2) is 0 Å². The van der Waals surface area contributed by atoms with Gasteiger partial charge in [0.1, 0.15) is 29.7 Å². The summed E-state index contributed by atoms with van der Waals surface area (Å²) in [6.07, 6.45) is 1.82. The van der Waals surface area contributed by atoms with Crippen LogP contribution in [0.3, 0.4) is 0 Å². The van der Waals surface area contributed by atoms with Crippen molar-refractivity contribution in [2.75, 3.05) is 26.9 Å². The smallest absolute Gasteiger partial charge is 0.411 e. The Morgan fingerprint density at radius 3 is 2.45 bits per heavy atom. The average molecular weight is 555 g/mol. The Morgan fingerprint density at radius 2 is 1.82 bits per heavy atom. The normalized spacial score (nSPS) is 11.6. The molecule has 9 nitrogen and oxygen atoms in total. The van der Waals surface area contributed by atoms with Crippen molar-refractivity contribution < 1.29 is 33.3 Å². The van der Waals surface area contributed by atoms with Crippen LogP contribution in [0.5, 0.6) is 11.5 Å². The highest BCUT2D eigenvalue weighted by atomic mass is 16.6. The van der Waals surface area contributed by atoms with E-state index in [0.29, 0.717) is 36.4 Å². The van der Waals surface area contributed by atoms with Crippen LogP contribution >= 0.6 is 0 Å². The lowest BCUT2D eigenvalue weighted by Gasteiger charge is -2.32. The van der Waals surface area contributed by atoms with E-state index in [1.807, 2.05) is 37.3 Å². The molecule has 1 atom stereocenters. The fraction of sp³-hybridized carbons (Fsp3) is 0.452. The SMILES string of the molecule is C=CCOC(=O)N(Cc1ccc(OC)cc1OCCCC(=O)NCC)C(Cc1ccccc1)C(=O)OC(C)(C)C. The van der Waals surface area contributed by atoms with Gasteiger partial charge >= 0.3 is 12.1 Å². The zero-order valence-corrected chi connectivity index (χ0v) is 24.2. The molecule has 0 saturated heterocycles. The van der Waals surface area contributed by atoms with Crippen molar-refractivity contribution >= 4 is 18.0 Å². The van der Waals surface area contributed by atoms with Gasteiger partial charge < -0.3 is 24.3 Å². The summed E-state index contributed by atoms with van der Waals surface area (Å²) in [6.45, 7) is 11.7. The summed E-state index contributed by atoms with van der Waals surface area (Å²) in [6, 6.07) is 13.7. The molecule has 0 aliphatic rings. The largest absolute Gasteiger partial charge is 0.497 e. The summed E-state index contributed by atoms with van der Waals surface area (Å²) in [5.41, 5.74) is 0.730. The number of rotatable bonds is 15. The van der Waals surface area contributed by atoms with Crippen LogP contribution in [0.25, 0.3) is 0 Å². The highest BCUT2D eigenvalue weighted by Gasteiger charge is 2.35. The maximum atomic E-state index is 13.5. The third kappa shape index (κ3) is 11.0. The van der Waals surface area contributed by atoms with Gasteiger partial charge in [0.05, 0.1) is 20.3 Å². The van der Waals surface area contributed by atoms with E-state index in [1.54, 1.807) is 46.1 Å². The minimum atomic E-state index is -0.980. The Bertz CT molecular complexity index is 1110. The molecule has 9 heteroatoms. The molecule has 0 aliphatic carbocycles. The molecule has 0 spiro atoms. The van der Waals surface area contributed by atoms with Crippen molar-refractivity contribution in [1.29, 1.82) is 0 Å². The van der Waals surface area contributed by atoms with E-state index in [9.17, 15) is 14.4 Å². The molecule has 0 radical (unpaired) electrons. The van der Waals surface area contributed by atoms with E-state index in [4.69, 9.17) is 18.9 Å². The Labute approximate surface area is 237 Å². The molecule has 2 aromatic rings. The van der Waals surface area contributed by atoms with Crippen LogP contribution in [-0.2, 0) is 32.0 Å². The number of hydrogen-bond donors (Lipinski definition) is 1. The van der Waals surface area contributed by atoms with Crippen LogP contribution in [0, 0.1) is 0 Å². The molecule has 0 aromatic heterocycles. The standard InChI is InChI=1S/C31H42N2O7/c1-7-18-39-30(36)33(26(29(35)40-31(3,4)5)20-23-13-10-9-11-14-23)22-24-16-17-25(37-6)21-27(24)38-19-12-15-28(34)32-8-2/h7,9-11,13-14,16-17,21,26H,1,8,12,15,18-20,22H2,2-6H3,(H,32,34). The van der Waals surface area contributed by atoms with Crippen LogP contribution in [0.2, 0.25) is 0 Å². The molecule has 40 heavy (non-hydrogen) atoms. The zero-order valence-electron chi connectivity index (χ0n) is 24.2. The van der Waals surface area contributed by atoms with Gasteiger partial charge in [-0.15, -0.1) is 0 Å². The summed E-state index contributed by atoms with van der Waals surface area (Å²) in [5.74, 6) is 0.440. The van der Waals surface area contributed by atoms with Crippen LogP contribution in [0.4, 0.5) is 4.79 Å². The average Bonchev–Trinajstić information content (AvgIpc) is 2.91. The lowest BCUT2D eigenvalue weighted by atomic mass is 10.0. The van der Waals surface area contributed by atoms with Crippen molar-refractivity contribution in [2.24, 2.45) is 0 Å². The number of carbonyl (C=O) groups excluding carboxylic acids is 3. The van der Waals surface area contributed by atoms with Gasteiger partial charge in [-0.3, -0.25) is 9.69 Å². The van der Waals surface area contributed by atoms with Crippen molar-refractivity contribution in [1.82, 2.24) is 10.2 Å². The molecule has 2 rings (SSSR count). The topological polar surface area (TPSA) is 103 Å². The first-order chi connectivity index (χ1) is 19.1. The van der Waals surface area contributed by atoms with Gasteiger partial charge in [0.25, 0.3) is 0 Å². The first-order valence-corrected chi connectivity index (χ1v) is 13.5. The van der Waals surface area contributed by atoms with Crippen LogP contribution in [0.1, 0.15) is 51.7 Å². The molecular formula is C31H42N2O7. The quantitative estimate of drug-likeness (QED) is 0.186. The van der Waals surface area contributed by atoms with E-state index < -0.39 is 23.7 Å². The van der Waals surface area contributed by atoms with Crippen molar-refractivity contribution in [3.63, 3.8) is 0 Å². The monoisotopic (exact) mass is 554 g/mol. The number of benzene rings is 2. The number of methoxy groups -OCH3 is 1. The highest BCUT2D eigenvalue weighted by Crippen LogP contribution is 2.28.